The van der Waals surface area contributed by atoms with Crippen molar-refractivity contribution in [3.05, 3.63) is 40.6 Å². The van der Waals surface area contributed by atoms with Crippen molar-refractivity contribution >= 4 is 11.0 Å². The van der Waals surface area contributed by atoms with Gasteiger partial charge in [-0.25, -0.2) is 0 Å². The van der Waals surface area contributed by atoms with Crippen molar-refractivity contribution in [1.29, 1.82) is 0 Å². The maximum atomic E-state index is 13.2. The SMILES string of the molecule is COc1cc(-c2oc3cc(O)cc(O)c3c(=O)c2O[C@@H]2OC[C@H](O)C(O)C2O)ccc1O. The number of aliphatic hydroxyl groups is 3. The summed E-state index contributed by atoms with van der Waals surface area (Å²) in [6.45, 7) is -0.372. The number of benzene rings is 2. The second kappa shape index (κ2) is 8.20. The van der Waals surface area contributed by atoms with E-state index >= 15 is 0 Å². The maximum Gasteiger partial charge on any atom is 0.239 e. The van der Waals surface area contributed by atoms with Crippen LogP contribution in [0.25, 0.3) is 22.3 Å². The molecule has 3 aromatic rings. The number of aromatic hydroxyl groups is 3. The van der Waals surface area contributed by atoms with Crippen molar-refractivity contribution in [3.63, 3.8) is 0 Å². The predicted molar refractivity (Wildman–Crippen MR) is 108 cm³/mol. The molecule has 11 nitrogen and oxygen atoms in total. The van der Waals surface area contributed by atoms with E-state index in [4.69, 9.17) is 18.6 Å². The molecule has 0 bridgehead atoms. The summed E-state index contributed by atoms with van der Waals surface area (Å²) in [5.74, 6) is -1.73. The average Bonchev–Trinajstić information content (AvgIpc) is 2.75. The van der Waals surface area contributed by atoms with E-state index in [1.165, 1.54) is 25.3 Å². The minimum atomic E-state index is -1.70. The lowest BCUT2D eigenvalue weighted by Gasteiger charge is -2.34. The first-order valence-electron chi connectivity index (χ1n) is 9.44. The van der Waals surface area contributed by atoms with Crippen molar-refractivity contribution < 1.29 is 49.3 Å². The molecule has 0 amide bonds. The van der Waals surface area contributed by atoms with Crippen molar-refractivity contribution in [3.8, 4) is 40.1 Å². The molecule has 0 saturated carbocycles. The molecule has 1 saturated heterocycles. The summed E-state index contributed by atoms with van der Waals surface area (Å²) < 4.78 is 21.6. The zero-order chi connectivity index (χ0) is 23.2. The number of phenolic OH excluding ortho intramolecular Hbond substituents is 3. The van der Waals surface area contributed by atoms with E-state index in [9.17, 15) is 35.4 Å². The van der Waals surface area contributed by atoms with Crippen LogP contribution in [-0.2, 0) is 4.74 Å². The Kier molecular flexibility index (Phi) is 5.57. The number of ether oxygens (including phenoxy) is 3. The first-order valence-corrected chi connectivity index (χ1v) is 9.44. The third-order valence-corrected chi connectivity index (χ3v) is 5.05. The Morgan fingerprint density at radius 1 is 1.00 bits per heavy atom. The van der Waals surface area contributed by atoms with Gasteiger partial charge < -0.3 is 49.3 Å². The Labute approximate surface area is 179 Å². The van der Waals surface area contributed by atoms with Crippen molar-refractivity contribution in [2.24, 2.45) is 0 Å². The summed E-state index contributed by atoms with van der Waals surface area (Å²) in [6, 6.07) is 6.10. The van der Waals surface area contributed by atoms with Gasteiger partial charge in [0.05, 0.1) is 13.7 Å². The number of fused-ring (bicyclic) bond motifs is 1. The molecule has 2 unspecified atom stereocenters. The Hall–Kier alpha value is -3.51. The molecule has 4 atom stereocenters. The van der Waals surface area contributed by atoms with Gasteiger partial charge in [-0.2, -0.15) is 0 Å². The van der Waals surface area contributed by atoms with Gasteiger partial charge in [-0.05, 0) is 18.2 Å². The monoisotopic (exact) mass is 448 g/mol. The van der Waals surface area contributed by atoms with Gasteiger partial charge in [-0.3, -0.25) is 4.79 Å². The van der Waals surface area contributed by atoms with Gasteiger partial charge in [-0.15, -0.1) is 0 Å². The highest BCUT2D eigenvalue weighted by Gasteiger charge is 2.40. The molecule has 2 aromatic carbocycles. The molecule has 2 heterocycles. The van der Waals surface area contributed by atoms with Gasteiger partial charge in [0.2, 0.25) is 17.5 Å². The van der Waals surface area contributed by atoms with E-state index in [-0.39, 0.29) is 46.1 Å². The Balaban J connectivity index is 1.92. The van der Waals surface area contributed by atoms with Crippen LogP contribution >= 0.6 is 0 Å². The minimum Gasteiger partial charge on any atom is -0.508 e. The fourth-order valence-corrected chi connectivity index (χ4v) is 3.38. The van der Waals surface area contributed by atoms with Crippen molar-refractivity contribution in [1.82, 2.24) is 0 Å². The van der Waals surface area contributed by atoms with E-state index < -0.39 is 41.5 Å². The predicted octanol–water partition coefficient (Wildman–Crippen LogP) is 0.403. The van der Waals surface area contributed by atoms with Crippen molar-refractivity contribution in [2.75, 3.05) is 13.7 Å². The van der Waals surface area contributed by atoms with Crippen LogP contribution < -0.4 is 14.9 Å². The lowest BCUT2D eigenvalue weighted by atomic mass is 10.1. The number of phenols is 3. The van der Waals surface area contributed by atoms with Crippen LogP contribution in [-0.4, -0.2) is 69.0 Å². The highest BCUT2D eigenvalue weighted by Crippen LogP contribution is 2.39. The lowest BCUT2D eigenvalue weighted by Crippen LogP contribution is -2.55. The van der Waals surface area contributed by atoms with Crippen LogP contribution in [0.5, 0.6) is 28.7 Å². The Morgan fingerprint density at radius 2 is 1.75 bits per heavy atom. The van der Waals surface area contributed by atoms with E-state index in [1.807, 2.05) is 0 Å². The quantitative estimate of drug-likeness (QED) is 0.325. The van der Waals surface area contributed by atoms with Gasteiger partial charge >= 0.3 is 0 Å². The molecule has 11 heteroatoms. The maximum absolute atomic E-state index is 13.2. The smallest absolute Gasteiger partial charge is 0.239 e. The molecule has 32 heavy (non-hydrogen) atoms. The number of rotatable bonds is 4. The van der Waals surface area contributed by atoms with Crippen LogP contribution in [0.15, 0.2) is 39.5 Å². The molecule has 6 N–H and O–H groups in total. The van der Waals surface area contributed by atoms with Gasteiger partial charge in [0.1, 0.15) is 40.8 Å². The van der Waals surface area contributed by atoms with E-state index in [2.05, 4.69) is 0 Å². The molecule has 1 aliphatic heterocycles. The summed E-state index contributed by atoms with van der Waals surface area (Å²) in [7, 11) is 1.32. The largest absolute Gasteiger partial charge is 0.508 e. The lowest BCUT2D eigenvalue weighted by molar-refractivity contribution is -0.242. The van der Waals surface area contributed by atoms with Gasteiger partial charge in [0.25, 0.3) is 0 Å². The second-order valence-electron chi connectivity index (χ2n) is 7.18. The number of aliphatic hydroxyl groups excluding tert-OH is 3. The zero-order valence-corrected chi connectivity index (χ0v) is 16.6. The topological polar surface area (TPSA) is 179 Å². The molecule has 0 aliphatic carbocycles. The van der Waals surface area contributed by atoms with Crippen LogP contribution in [0.4, 0.5) is 0 Å². The van der Waals surface area contributed by atoms with Gasteiger partial charge in [0, 0.05) is 17.7 Å². The number of hydrogen-bond acceptors (Lipinski definition) is 11. The van der Waals surface area contributed by atoms with Crippen LogP contribution in [0.1, 0.15) is 0 Å². The highest BCUT2D eigenvalue weighted by atomic mass is 16.7. The standard InChI is InChI=1S/C21H20O11/c1-29-13-4-8(2-3-10(13)23)19-20(32-21-18(28)16(26)12(25)7-30-21)17(27)15-11(24)5-9(22)6-14(15)31-19/h2-6,12,16,18,21-26,28H,7H2,1H3/t12-,16?,18?,21-/m0/s1. The molecule has 4 rings (SSSR count). The summed E-state index contributed by atoms with van der Waals surface area (Å²) in [6.07, 6.45) is -6.20. The van der Waals surface area contributed by atoms with Gasteiger partial charge in [0.15, 0.2) is 17.3 Å². The first-order chi connectivity index (χ1) is 15.2. The summed E-state index contributed by atoms with van der Waals surface area (Å²) >= 11 is 0. The average molecular weight is 448 g/mol. The van der Waals surface area contributed by atoms with Crippen LogP contribution in [0.2, 0.25) is 0 Å². The fourth-order valence-electron chi connectivity index (χ4n) is 3.38. The molecule has 1 fully saturated rings. The number of hydrogen-bond donors (Lipinski definition) is 6. The molecule has 170 valence electrons. The minimum absolute atomic E-state index is 0.0578. The summed E-state index contributed by atoms with van der Waals surface area (Å²) in [4.78, 5) is 13.2. The third-order valence-electron chi connectivity index (χ3n) is 5.05. The molecule has 1 aliphatic rings. The van der Waals surface area contributed by atoms with Crippen molar-refractivity contribution in [2.45, 2.75) is 24.6 Å². The van der Waals surface area contributed by atoms with E-state index in [0.717, 1.165) is 12.1 Å². The molecule has 1 aromatic heterocycles. The molecular formula is C21H20O11. The second-order valence-corrected chi connectivity index (χ2v) is 7.18. The third kappa shape index (κ3) is 3.67. The Bertz CT molecular complexity index is 1220. The molecule has 0 radical (unpaired) electrons. The van der Waals surface area contributed by atoms with E-state index in [0.29, 0.717) is 0 Å². The number of methoxy groups -OCH3 is 1. The molecular weight excluding hydrogens is 428 g/mol. The van der Waals surface area contributed by atoms with Crippen LogP contribution in [0, 0.1) is 0 Å². The van der Waals surface area contributed by atoms with Crippen LogP contribution in [0.3, 0.4) is 0 Å². The summed E-state index contributed by atoms with van der Waals surface area (Å²) in [5, 5.41) is 59.3. The first kappa shape index (κ1) is 21.7. The highest BCUT2D eigenvalue weighted by molar-refractivity contribution is 5.88. The zero-order valence-electron chi connectivity index (χ0n) is 16.6. The summed E-state index contributed by atoms with van der Waals surface area (Å²) in [5.41, 5.74) is -0.813. The normalized spacial score (nSPS) is 23.2. The van der Waals surface area contributed by atoms with E-state index in [1.54, 1.807) is 0 Å². The molecule has 0 spiro atoms. The van der Waals surface area contributed by atoms with Gasteiger partial charge in [-0.1, -0.05) is 0 Å². The Morgan fingerprint density at radius 3 is 2.47 bits per heavy atom. The fraction of sp³-hybridized carbons (Fsp3) is 0.286.